The summed E-state index contributed by atoms with van der Waals surface area (Å²) in [4.78, 5) is 12.1. The molecule has 1 amide bonds. The molecule has 0 aliphatic carbocycles. The van der Waals surface area contributed by atoms with Gasteiger partial charge in [-0.15, -0.1) is 0 Å². The average molecular weight is 335 g/mol. The Morgan fingerprint density at radius 2 is 1.96 bits per heavy atom. The van der Waals surface area contributed by atoms with Crippen molar-refractivity contribution >= 4 is 23.2 Å². The molecule has 0 aliphatic heterocycles. The second kappa shape index (κ2) is 6.18. The molecule has 1 aromatic heterocycles. The summed E-state index contributed by atoms with van der Waals surface area (Å²) >= 11 is 5.64. The van der Waals surface area contributed by atoms with Gasteiger partial charge in [0.05, 0.1) is 5.02 Å². The number of aromatic nitrogens is 1. The molecule has 7 heteroatoms. The maximum atomic E-state index is 13.2. The summed E-state index contributed by atoms with van der Waals surface area (Å²) < 4.78 is 31.2. The van der Waals surface area contributed by atoms with Crippen LogP contribution < -0.4 is 5.32 Å². The number of hydrogen-bond donors (Lipinski definition) is 1. The molecule has 3 aromatic rings. The van der Waals surface area contributed by atoms with Crippen LogP contribution in [0.2, 0.25) is 5.02 Å². The van der Waals surface area contributed by atoms with E-state index in [0.717, 1.165) is 6.07 Å². The first kappa shape index (κ1) is 15.2. The fourth-order valence-electron chi connectivity index (χ4n) is 1.93. The highest BCUT2D eigenvalue weighted by Crippen LogP contribution is 2.22. The molecule has 0 aliphatic rings. The molecule has 23 heavy (non-hydrogen) atoms. The van der Waals surface area contributed by atoms with E-state index in [4.69, 9.17) is 16.1 Å². The molecular formula is C16H9ClF2N2O2. The molecule has 1 heterocycles. The maximum Gasteiger partial charge on any atom is 0.294 e. The molecule has 0 saturated heterocycles. The lowest BCUT2D eigenvalue weighted by atomic mass is 10.1. The minimum Gasteiger partial charge on any atom is -0.350 e. The molecule has 0 fully saturated rings. The van der Waals surface area contributed by atoms with Gasteiger partial charge >= 0.3 is 0 Å². The van der Waals surface area contributed by atoms with Crippen molar-refractivity contribution in [2.45, 2.75) is 0 Å². The third-order valence-corrected chi connectivity index (χ3v) is 3.32. The van der Waals surface area contributed by atoms with E-state index in [1.165, 1.54) is 36.4 Å². The van der Waals surface area contributed by atoms with Gasteiger partial charge in [0, 0.05) is 17.3 Å². The van der Waals surface area contributed by atoms with Crippen LogP contribution in [-0.4, -0.2) is 11.1 Å². The first-order chi connectivity index (χ1) is 11.0. The minimum atomic E-state index is -0.585. The maximum absolute atomic E-state index is 13.2. The van der Waals surface area contributed by atoms with E-state index in [0.29, 0.717) is 16.9 Å². The summed E-state index contributed by atoms with van der Waals surface area (Å²) in [5.74, 6) is -1.65. The number of carbonyl (C=O) groups excluding carboxylic acids is 1. The summed E-state index contributed by atoms with van der Waals surface area (Å²) in [5, 5.41) is 6.13. The number of nitrogens with one attached hydrogen (secondary N) is 1. The van der Waals surface area contributed by atoms with Gasteiger partial charge in [-0.05, 0) is 30.3 Å². The predicted molar refractivity (Wildman–Crippen MR) is 81.3 cm³/mol. The van der Waals surface area contributed by atoms with Gasteiger partial charge in [-0.3, -0.25) is 4.79 Å². The zero-order valence-electron chi connectivity index (χ0n) is 11.5. The number of nitrogens with zero attached hydrogens (tertiary/aromatic N) is 1. The van der Waals surface area contributed by atoms with Crippen LogP contribution in [0.4, 0.5) is 14.5 Å². The predicted octanol–water partition coefficient (Wildman–Crippen LogP) is 4.53. The molecular weight excluding hydrogens is 326 g/mol. The van der Waals surface area contributed by atoms with E-state index in [1.54, 1.807) is 6.07 Å². The minimum absolute atomic E-state index is 0.0651. The molecule has 1 N–H and O–H groups in total. The summed E-state index contributed by atoms with van der Waals surface area (Å²) in [6.45, 7) is 0. The van der Waals surface area contributed by atoms with Crippen LogP contribution in [0, 0.1) is 11.6 Å². The van der Waals surface area contributed by atoms with Gasteiger partial charge in [0.15, 0.2) is 0 Å². The van der Waals surface area contributed by atoms with Crippen LogP contribution in [0.1, 0.15) is 10.6 Å². The standard InChI is InChI=1S/C16H9ClF2N2O2/c17-12-7-11(4-5-13(12)19)20-16(22)15-8-14(21-23-15)9-2-1-3-10(18)6-9/h1-8H,(H,20,22). The highest BCUT2D eigenvalue weighted by atomic mass is 35.5. The highest BCUT2D eigenvalue weighted by Gasteiger charge is 2.15. The van der Waals surface area contributed by atoms with E-state index >= 15 is 0 Å². The first-order valence-electron chi connectivity index (χ1n) is 6.52. The van der Waals surface area contributed by atoms with Crippen molar-refractivity contribution in [3.05, 3.63) is 70.9 Å². The van der Waals surface area contributed by atoms with Crippen molar-refractivity contribution in [3.63, 3.8) is 0 Å². The molecule has 3 rings (SSSR count). The van der Waals surface area contributed by atoms with Crippen molar-refractivity contribution in [3.8, 4) is 11.3 Å². The van der Waals surface area contributed by atoms with Crippen molar-refractivity contribution in [1.82, 2.24) is 5.16 Å². The van der Waals surface area contributed by atoms with Crippen molar-refractivity contribution in [1.29, 1.82) is 0 Å². The summed E-state index contributed by atoms with van der Waals surface area (Å²) in [6, 6.07) is 10.9. The third-order valence-electron chi connectivity index (χ3n) is 3.03. The molecule has 0 saturated carbocycles. The number of carbonyl (C=O) groups is 1. The Bertz CT molecular complexity index is 880. The van der Waals surface area contributed by atoms with Crippen LogP contribution in [-0.2, 0) is 0 Å². The van der Waals surface area contributed by atoms with Crippen molar-refractivity contribution in [2.24, 2.45) is 0 Å². The van der Waals surface area contributed by atoms with Gasteiger partial charge in [-0.1, -0.05) is 28.9 Å². The van der Waals surface area contributed by atoms with Gasteiger partial charge in [0.1, 0.15) is 17.3 Å². The van der Waals surface area contributed by atoms with Crippen LogP contribution >= 0.6 is 11.6 Å². The number of benzene rings is 2. The van der Waals surface area contributed by atoms with Crippen molar-refractivity contribution in [2.75, 3.05) is 5.32 Å². The van der Waals surface area contributed by atoms with Crippen LogP contribution in [0.15, 0.2) is 53.1 Å². The number of anilines is 1. The molecule has 0 atom stereocenters. The van der Waals surface area contributed by atoms with Crippen molar-refractivity contribution < 1.29 is 18.1 Å². The number of halogens is 3. The Kier molecular flexibility index (Phi) is 4.08. The Morgan fingerprint density at radius 3 is 2.70 bits per heavy atom. The molecule has 116 valence electrons. The normalized spacial score (nSPS) is 10.6. The fourth-order valence-corrected chi connectivity index (χ4v) is 2.11. The molecule has 0 spiro atoms. The molecule has 0 bridgehead atoms. The lowest BCUT2D eigenvalue weighted by molar-refractivity contribution is 0.0988. The SMILES string of the molecule is O=C(Nc1ccc(F)c(Cl)c1)c1cc(-c2cccc(F)c2)no1. The van der Waals surface area contributed by atoms with Crippen LogP contribution in [0.25, 0.3) is 11.3 Å². The topological polar surface area (TPSA) is 55.1 Å². The lowest BCUT2D eigenvalue weighted by Crippen LogP contribution is -2.10. The smallest absolute Gasteiger partial charge is 0.294 e. The Hall–Kier alpha value is -2.73. The fraction of sp³-hybridized carbons (Fsp3) is 0. The summed E-state index contributed by atoms with van der Waals surface area (Å²) in [7, 11) is 0. The first-order valence-corrected chi connectivity index (χ1v) is 6.90. The van der Waals surface area contributed by atoms with E-state index in [2.05, 4.69) is 10.5 Å². The number of hydrogen-bond acceptors (Lipinski definition) is 3. The van der Waals surface area contributed by atoms with E-state index < -0.39 is 17.5 Å². The lowest BCUT2D eigenvalue weighted by Gasteiger charge is -2.03. The number of rotatable bonds is 3. The Balaban J connectivity index is 1.79. The van der Waals surface area contributed by atoms with Gasteiger partial charge < -0.3 is 9.84 Å². The second-order valence-electron chi connectivity index (χ2n) is 4.67. The van der Waals surface area contributed by atoms with Crippen LogP contribution in [0.5, 0.6) is 0 Å². The summed E-state index contributed by atoms with van der Waals surface area (Å²) in [5.41, 5.74) is 1.12. The van der Waals surface area contributed by atoms with E-state index in [9.17, 15) is 13.6 Å². The average Bonchev–Trinajstić information content (AvgIpc) is 3.01. The van der Waals surface area contributed by atoms with Gasteiger partial charge in [0.25, 0.3) is 5.91 Å². The third kappa shape index (κ3) is 3.37. The van der Waals surface area contributed by atoms with E-state index in [1.807, 2.05) is 0 Å². The quantitative estimate of drug-likeness (QED) is 0.766. The molecule has 0 unspecified atom stereocenters. The molecule has 2 aromatic carbocycles. The van der Waals surface area contributed by atoms with Gasteiger partial charge in [-0.2, -0.15) is 0 Å². The Labute approximate surface area is 134 Å². The zero-order chi connectivity index (χ0) is 16.4. The zero-order valence-corrected chi connectivity index (χ0v) is 12.3. The van der Waals surface area contributed by atoms with E-state index in [-0.39, 0.29) is 10.8 Å². The van der Waals surface area contributed by atoms with Gasteiger partial charge in [-0.25, -0.2) is 8.78 Å². The Morgan fingerprint density at radius 1 is 1.13 bits per heavy atom. The largest absolute Gasteiger partial charge is 0.350 e. The second-order valence-corrected chi connectivity index (χ2v) is 5.08. The summed E-state index contributed by atoms with van der Waals surface area (Å²) in [6.07, 6.45) is 0. The molecule has 0 radical (unpaired) electrons. The van der Waals surface area contributed by atoms with Crippen LogP contribution in [0.3, 0.4) is 0 Å². The number of amides is 1. The molecule has 4 nitrogen and oxygen atoms in total. The highest BCUT2D eigenvalue weighted by molar-refractivity contribution is 6.31. The monoisotopic (exact) mass is 334 g/mol. The van der Waals surface area contributed by atoms with Gasteiger partial charge in [0.2, 0.25) is 5.76 Å².